The molecule has 1 aliphatic carbocycles. The fourth-order valence-electron chi connectivity index (χ4n) is 3.52. The van der Waals surface area contributed by atoms with Gasteiger partial charge in [0, 0.05) is 5.56 Å². The summed E-state index contributed by atoms with van der Waals surface area (Å²) in [6.07, 6.45) is -0.333. The molecule has 1 fully saturated rings. The van der Waals surface area contributed by atoms with E-state index in [1.807, 2.05) is 6.07 Å². The van der Waals surface area contributed by atoms with Crippen LogP contribution in [0.4, 0.5) is 13.2 Å². The minimum Gasteiger partial charge on any atom is -0.489 e. The molecule has 0 saturated heterocycles. The Labute approximate surface area is 155 Å². The zero-order chi connectivity index (χ0) is 19.4. The molecular weight excluding hydrogens is 355 g/mol. The van der Waals surface area contributed by atoms with Crippen molar-refractivity contribution in [1.29, 1.82) is 5.26 Å². The van der Waals surface area contributed by atoms with E-state index in [-0.39, 0.29) is 23.7 Å². The first-order chi connectivity index (χ1) is 12.9. The topological polar surface area (TPSA) is 50.1 Å². The van der Waals surface area contributed by atoms with Crippen molar-refractivity contribution < 1.29 is 22.7 Å². The highest BCUT2D eigenvalue weighted by molar-refractivity contribution is 5.79. The maximum absolute atomic E-state index is 13.5. The molecule has 2 aromatic rings. The molecule has 140 valence electrons. The SMILES string of the molecule is N#Cc1cc(OCc2ccc(C3CCCC3)c(C(F)(F)F)c2)ccc1C=O. The molecule has 3 rings (SSSR count). The van der Waals surface area contributed by atoms with Crippen LogP contribution in [0.1, 0.15) is 64.2 Å². The summed E-state index contributed by atoms with van der Waals surface area (Å²) in [5.41, 5.74) is 0.581. The Kier molecular flexibility index (Phi) is 5.50. The summed E-state index contributed by atoms with van der Waals surface area (Å²) < 4.78 is 46.1. The third-order valence-electron chi connectivity index (χ3n) is 4.90. The van der Waals surface area contributed by atoms with E-state index in [9.17, 15) is 18.0 Å². The summed E-state index contributed by atoms with van der Waals surface area (Å²) in [5.74, 6) is 0.288. The van der Waals surface area contributed by atoms with Crippen molar-refractivity contribution in [2.24, 2.45) is 0 Å². The lowest BCUT2D eigenvalue weighted by molar-refractivity contribution is -0.138. The number of carbonyl (C=O) groups is 1. The molecular formula is C21H18F3NO2. The van der Waals surface area contributed by atoms with Crippen LogP contribution in [0.15, 0.2) is 36.4 Å². The Morgan fingerprint density at radius 2 is 1.89 bits per heavy atom. The van der Waals surface area contributed by atoms with Crippen LogP contribution < -0.4 is 4.74 Å². The quantitative estimate of drug-likeness (QED) is 0.639. The van der Waals surface area contributed by atoms with E-state index in [4.69, 9.17) is 10.00 Å². The smallest absolute Gasteiger partial charge is 0.416 e. The van der Waals surface area contributed by atoms with Crippen molar-refractivity contribution in [2.75, 3.05) is 0 Å². The summed E-state index contributed by atoms with van der Waals surface area (Å²) in [5, 5.41) is 9.03. The zero-order valence-corrected chi connectivity index (χ0v) is 14.6. The van der Waals surface area contributed by atoms with Crippen LogP contribution in [0.5, 0.6) is 5.75 Å². The van der Waals surface area contributed by atoms with Gasteiger partial charge in [-0.3, -0.25) is 4.79 Å². The first kappa shape index (κ1) is 19.0. The van der Waals surface area contributed by atoms with Crippen molar-refractivity contribution >= 4 is 6.29 Å². The van der Waals surface area contributed by atoms with Gasteiger partial charge in [-0.15, -0.1) is 0 Å². The maximum atomic E-state index is 13.5. The lowest BCUT2D eigenvalue weighted by Gasteiger charge is -2.19. The van der Waals surface area contributed by atoms with Gasteiger partial charge < -0.3 is 4.74 Å². The Bertz CT molecular complexity index is 878. The molecule has 0 atom stereocenters. The van der Waals surface area contributed by atoms with E-state index in [0.29, 0.717) is 23.2 Å². The normalized spacial score (nSPS) is 14.7. The highest BCUT2D eigenvalue weighted by Crippen LogP contribution is 2.42. The second-order valence-corrected chi connectivity index (χ2v) is 6.67. The second kappa shape index (κ2) is 7.83. The highest BCUT2D eigenvalue weighted by Gasteiger charge is 2.36. The van der Waals surface area contributed by atoms with Crippen LogP contribution in [0.25, 0.3) is 0 Å². The van der Waals surface area contributed by atoms with Crippen molar-refractivity contribution in [3.8, 4) is 11.8 Å². The van der Waals surface area contributed by atoms with Crippen molar-refractivity contribution in [3.63, 3.8) is 0 Å². The van der Waals surface area contributed by atoms with Crippen LogP contribution >= 0.6 is 0 Å². The fourth-order valence-corrected chi connectivity index (χ4v) is 3.52. The van der Waals surface area contributed by atoms with Crippen LogP contribution in [0.3, 0.4) is 0 Å². The third kappa shape index (κ3) is 4.30. The number of ether oxygens (including phenoxy) is 1. The third-order valence-corrected chi connectivity index (χ3v) is 4.90. The van der Waals surface area contributed by atoms with Gasteiger partial charge >= 0.3 is 6.18 Å². The van der Waals surface area contributed by atoms with Gasteiger partial charge in [-0.25, -0.2) is 0 Å². The lowest BCUT2D eigenvalue weighted by Crippen LogP contribution is -2.12. The van der Waals surface area contributed by atoms with Crippen molar-refractivity contribution in [2.45, 2.75) is 44.4 Å². The number of hydrogen-bond acceptors (Lipinski definition) is 3. The molecule has 27 heavy (non-hydrogen) atoms. The summed E-state index contributed by atoms with van der Waals surface area (Å²) in [4.78, 5) is 10.9. The highest BCUT2D eigenvalue weighted by atomic mass is 19.4. The molecule has 3 nitrogen and oxygen atoms in total. The lowest BCUT2D eigenvalue weighted by atomic mass is 9.91. The largest absolute Gasteiger partial charge is 0.489 e. The number of nitrogens with zero attached hydrogens (tertiary/aromatic N) is 1. The minimum absolute atomic E-state index is 0.0364. The van der Waals surface area contributed by atoms with Crippen LogP contribution in [0.2, 0.25) is 0 Å². The van der Waals surface area contributed by atoms with Gasteiger partial charge in [-0.2, -0.15) is 18.4 Å². The molecule has 0 aromatic heterocycles. The van der Waals surface area contributed by atoms with Gasteiger partial charge in [0.2, 0.25) is 0 Å². The molecule has 0 aliphatic heterocycles. The minimum atomic E-state index is -4.41. The van der Waals surface area contributed by atoms with E-state index in [2.05, 4.69) is 0 Å². The second-order valence-electron chi connectivity index (χ2n) is 6.67. The number of nitriles is 1. The Morgan fingerprint density at radius 3 is 2.52 bits per heavy atom. The number of halogens is 3. The first-order valence-electron chi connectivity index (χ1n) is 8.74. The van der Waals surface area contributed by atoms with Crippen LogP contribution in [0, 0.1) is 11.3 Å². The molecule has 0 N–H and O–H groups in total. The molecule has 1 saturated carbocycles. The van der Waals surface area contributed by atoms with E-state index < -0.39 is 11.7 Å². The summed E-state index contributed by atoms with van der Waals surface area (Å²) >= 11 is 0. The zero-order valence-electron chi connectivity index (χ0n) is 14.6. The number of benzene rings is 2. The van der Waals surface area contributed by atoms with Crippen LogP contribution in [-0.4, -0.2) is 6.29 Å². The molecule has 0 unspecified atom stereocenters. The Morgan fingerprint density at radius 1 is 1.15 bits per heavy atom. The average molecular weight is 373 g/mol. The molecule has 6 heteroatoms. The fraction of sp³-hybridized carbons (Fsp3) is 0.333. The molecule has 2 aromatic carbocycles. The molecule has 0 radical (unpaired) electrons. The van der Waals surface area contributed by atoms with Gasteiger partial charge in [-0.1, -0.05) is 25.0 Å². The van der Waals surface area contributed by atoms with Gasteiger partial charge in [0.1, 0.15) is 18.4 Å². The molecule has 0 heterocycles. The molecule has 1 aliphatic rings. The number of rotatable bonds is 5. The van der Waals surface area contributed by atoms with Crippen molar-refractivity contribution in [3.05, 3.63) is 64.2 Å². The standard InChI is InChI=1S/C21H18F3NO2/c22-21(23,24)20-9-14(5-8-19(20)15-3-1-2-4-15)13-27-18-7-6-16(12-26)17(10-18)11-25/h5-10,12,15H,1-4,13H2. The molecule has 0 amide bonds. The van der Waals surface area contributed by atoms with Gasteiger partial charge in [-0.05, 0) is 54.2 Å². The summed E-state index contributed by atoms with van der Waals surface area (Å²) in [6.45, 7) is -0.0562. The van der Waals surface area contributed by atoms with Gasteiger partial charge in [0.15, 0.2) is 6.29 Å². The van der Waals surface area contributed by atoms with Crippen LogP contribution in [-0.2, 0) is 12.8 Å². The van der Waals surface area contributed by atoms with Crippen molar-refractivity contribution in [1.82, 2.24) is 0 Å². The predicted octanol–water partition coefficient (Wildman–Crippen LogP) is 5.63. The molecule has 0 bridgehead atoms. The average Bonchev–Trinajstić information content (AvgIpc) is 3.19. The van der Waals surface area contributed by atoms with E-state index in [0.717, 1.165) is 31.7 Å². The summed E-state index contributed by atoms with van der Waals surface area (Å²) in [6, 6.07) is 10.6. The predicted molar refractivity (Wildman–Crippen MR) is 93.5 cm³/mol. The molecule has 0 spiro atoms. The number of carbonyl (C=O) groups excluding carboxylic acids is 1. The van der Waals surface area contributed by atoms with E-state index >= 15 is 0 Å². The summed E-state index contributed by atoms with van der Waals surface area (Å²) in [7, 11) is 0. The van der Waals surface area contributed by atoms with Gasteiger partial charge in [0.05, 0.1) is 11.1 Å². The Hall–Kier alpha value is -2.81. The van der Waals surface area contributed by atoms with E-state index in [1.165, 1.54) is 18.2 Å². The number of alkyl halides is 3. The number of hydrogen-bond donors (Lipinski definition) is 0. The first-order valence-corrected chi connectivity index (χ1v) is 8.74. The Balaban J connectivity index is 1.81. The van der Waals surface area contributed by atoms with Gasteiger partial charge in [0.25, 0.3) is 0 Å². The number of aldehydes is 1. The maximum Gasteiger partial charge on any atom is 0.416 e. The monoisotopic (exact) mass is 373 g/mol. The van der Waals surface area contributed by atoms with E-state index in [1.54, 1.807) is 12.1 Å².